The molecule has 13 heavy (non-hydrogen) atoms. The van der Waals surface area contributed by atoms with Gasteiger partial charge in [-0.15, -0.1) is 12.4 Å². The lowest BCUT2D eigenvalue weighted by Crippen LogP contribution is -2.55. The number of hydrogen-bond donors (Lipinski definition) is 1. The third-order valence-electron chi connectivity index (χ3n) is 3.18. The predicted molar refractivity (Wildman–Crippen MR) is 58.5 cm³/mol. The van der Waals surface area contributed by atoms with Crippen molar-refractivity contribution in [2.75, 3.05) is 19.6 Å². The highest BCUT2D eigenvalue weighted by Gasteiger charge is 2.30. The molecule has 0 aromatic rings. The molecule has 1 aliphatic heterocycles. The van der Waals surface area contributed by atoms with Gasteiger partial charge in [-0.05, 0) is 32.6 Å². The van der Waals surface area contributed by atoms with E-state index in [1.807, 2.05) is 0 Å². The van der Waals surface area contributed by atoms with Gasteiger partial charge in [-0.25, -0.2) is 0 Å². The van der Waals surface area contributed by atoms with Gasteiger partial charge in [0, 0.05) is 31.7 Å². The molecule has 3 heteroatoms. The van der Waals surface area contributed by atoms with Crippen molar-refractivity contribution in [1.82, 2.24) is 10.2 Å². The minimum Gasteiger partial charge on any atom is -0.314 e. The summed E-state index contributed by atoms with van der Waals surface area (Å²) in [6, 6.07) is 1.49. The summed E-state index contributed by atoms with van der Waals surface area (Å²) < 4.78 is 0. The molecular weight excluding hydrogens is 184 g/mol. The van der Waals surface area contributed by atoms with E-state index in [0.29, 0.717) is 0 Å². The van der Waals surface area contributed by atoms with Gasteiger partial charge in [0.15, 0.2) is 0 Å². The van der Waals surface area contributed by atoms with Crippen molar-refractivity contribution < 1.29 is 0 Å². The molecule has 2 nitrogen and oxygen atoms in total. The van der Waals surface area contributed by atoms with Crippen LogP contribution >= 0.6 is 12.4 Å². The van der Waals surface area contributed by atoms with Gasteiger partial charge in [-0.3, -0.25) is 4.90 Å². The fraction of sp³-hybridized carbons (Fsp3) is 1.00. The third-order valence-corrected chi connectivity index (χ3v) is 3.18. The number of hydrogen-bond acceptors (Lipinski definition) is 2. The van der Waals surface area contributed by atoms with E-state index in [4.69, 9.17) is 0 Å². The van der Waals surface area contributed by atoms with Crippen molar-refractivity contribution in [3.8, 4) is 0 Å². The Morgan fingerprint density at radius 2 is 1.69 bits per heavy atom. The average Bonchev–Trinajstić information content (AvgIpc) is 2.80. The van der Waals surface area contributed by atoms with E-state index in [2.05, 4.69) is 24.1 Å². The first-order chi connectivity index (χ1) is 5.77. The summed E-state index contributed by atoms with van der Waals surface area (Å²) in [5.41, 5.74) is 0. The summed E-state index contributed by atoms with van der Waals surface area (Å²) in [6.07, 6.45) is 2.95. The SMILES string of the molecule is C[C@@H]1CNC[C@H](C)N1CC1CC1.Cl. The van der Waals surface area contributed by atoms with Crippen molar-refractivity contribution in [3.63, 3.8) is 0 Å². The van der Waals surface area contributed by atoms with Gasteiger partial charge < -0.3 is 5.32 Å². The first kappa shape index (κ1) is 11.3. The lowest BCUT2D eigenvalue weighted by Gasteiger charge is -2.39. The molecule has 0 aromatic heterocycles. The first-order valence-corrected chi connectivity index (χ1v) is 5.24. The predicted octanol–water partition coefficient (Wildman–Crippen LogP) is 1.50. The maximum absolute atomic E-state index is 3.47. The molecule has 1 saturated heterocycles. The summed E-state index contributed by atoms with van der Waals surface area (Å²) in [4.78, 5) is 2.67. The van der Waals surface area contributed by atoms with E-state index >= 15 is 0 Å². The molecule has 0 bridgehead atoms. The van der Waals surface area contributed by atoms with E-state index < -0.39 is 0 Å². The highest BCUT2D eigenvalue weighted by molar-refractivity contribution is 5.85. The van der Waals surface area contributed by atoms with E-state index in [9.17, 15) is 0 Å². The fourth-order valence-corrected chi connectivity index (χ4v) is 2.13. The second-order valence-corrected chi connectivity index (χ2v) is 4.50. The van der Waals surface area contributed by atoms with Gasteiger partial charge in [-0.1, -0.05) is 0 Å². The van der Waals surface area contributed by atoms with Crippen molar-refractivity contribution in [3.05, 3.63) is 0 Å². The van der Waals surface area contributed by atoms with Gasteiger partial charge in [0.05, 0.1) is 0 Å². The van der Waals surface area contributed by atoms with Crippen LogP contribution in [0.5, 0.6) is 0 Å². The smallest absolute Gasteiger partial charge is 0.0195 e. The maximum atomic E-state index is 3.47. The van der Waals surface area contributed by atoms with Crippen LogP contribution in [0.4, 0.5) is 0 Å². The molecule has 1 saturated carbocycles. The summed E-state index contributed by atoms with van der Waals surface area (Å²) in [6.45, 7) is 8.38. The summed E-state index contributed by atoms with van der Waals surface area (Å²) in [5.74, 6) is 1.04. The molecule has 1 heterocycles. The molecule has 2 atom stereocenters. The van der Waals surface area contributed by atoms with Crippen LogP contribution in [-0.2, 0) is 0 Å². The van der Waals surface area contributed by atoms with Crippen LogP contribution in [0.25, 0.3) is 0 Å². The zero-order valence-electron chi connectivity index (χ0n) is 8.62. The molecule has 78 valence electrons. The largest absolute Gasteiger partial charge is 0.314 e. The Balaban J connectivity index is 0.000000845. The topological polar surface area (TPSA) is 15.3 Å². The Kier molecular flexibility index (Phi) is 4.02. The minimum atomic E-state index is 0. The van der Waals surface area contributed by atoms with Crippen LogP contribution in [0.15, 0.2) is 0 Å². The van der Waals surface area contributed by atoms with Crippen LogP contribution in [0.2, 0.25) is 0 Å². The second kappa shape index (κ2) is 4.63. The number of halogens is 1. The second-order valence-electron chi connectivity index (χ2n) is 4.50. The number of nitrogens with one attached hydrogen (secondary N) is 1. The molecule has 1 N–H and O–H groups in total. The van der Waals surface area contributed by atoms with Gasteiger partial charge >= 0.3 is 0 Å². The first-order valence-electron chi connectivity index (χ1n) is 5.24. The maximum Gasteiger partial charge on any atom is 0.0195 e. The highest BCUT2D eigenvalue weighted by Crippen LogP contribution is 2.31. The Labute approximate surface area is 87.5 Å². The molecule has 0 amide bonds. The molecule has 0 aromatic carbocycles. The van der Waals surface area contributed by atoms with E-state index in [-0.39, 0.29) is 12.4 Å². The van der Waals surface area contributed by atoms with Crippen LogP contribution in [-0.4, -0.2) is 36.6 Å². The molecule has 1 aliphatic carbocycles. The Hall–Kier alpha value is 0.210. The standard InChI is InChI=1S/C10H20N2.ClH/c1-8-5-11-6-9(2)12(8)7-10-3-4-10;/h8-11H,3-7H2,1-2H3;1H/t8-,9+;. The van der Waals surface area contributed by atoms with Crippen LogP contribution in [0.3, 0.4) is 0 Å². The van der Waals surface area contributed by atoms with Gasteiger partial charge in [0.2, 0.25) is 0 Å². The van der Waals surface area contributed by atoms with Crippen molar-refractivity contribution in [2.45, 2.75) is 38.8 Å². The van der Waals surface area contributed by atoms with Crippen LogP contribution in [0.1, 0.15) is 26.7 Å². The zero-order chi connectivity index (χ0) is 8.55. The summed E-state index contributed by atoms with van der Waals surface area (Å²) in [5, 5.41) is 3.47. The van der Waals surface area contributed by atoms with Crippen molar-refractivity contribution in [2.24, 2.45) is 5.92 Å². The Morgan fingerprint density at radius 1 is 1.15 bits per heavy atom. The lowest BCUT2D eigenvalue weighted by molar-refractivity contribution is 0.111. The van der Waals surface area contributed by atoms with Gasteiger partial charge in [0.25, 0.3) is 0 Å². The monoisotopic (exact) mass is 204 g/mol. The lowest BCUT2D eigenvalue weighted by atomic mass is 10.1. The number of rotatable bonds is 2. The Bertz CT molecular complexity index is 149. The number of piperazine rings is 1. The quantitative estimate of drug-likeness (QED) is 0.734. The van der Waals surface area contributed by atoms with Crippen molar-refractivity contribution >= 4 is 12.4 Å². The van der Waals surface area contributed by atoms with E-state index in [0.717, 1.165) is 18.0 Å². The third kappa shape index (κ3) is 2.83. The molecular formula is C10H21ClN2. The zero-order valence-corrected chi connectivity index (χ0v) is 9.44. The molecule has 2 rings (SSSR count). The molecule has 0 radical (unpaired) electrons. The molecule has 2 fully saturated rings. The highest BCUT2D eigenvalue weighted by atomic mass is 35.5. The summed E-state index contributed by atoms with van der Waals surface area (Å²) in [7, 11) is 0. The van der Waals surface area contributed by atoms with Crippen LogP contribution < -0.4 is 5.32 Å². The van der Waals surface area contributed by atoms with Crippen molar-refractivity contribution in [1.29, 1.82) is 0 Å². The number of nitrogens with zero attached hydrogens (tertiary/aromatic N) is 1. The molecule has 0 spiro atoms. The summed E-state index contributed by atoms with van der Waals surface area (Å²) >= 11 is 0. The normalized spacial score (nSPS) is 35.5. The van der Waals surface area contributed by atoms with Gasteiger partial charge in [0.1, 0.15) is 0 Å². The minimum absolute atomic E-state index is 0. The average molecular weight is 205 g/mol. The van der Waals surface area contributed by atoms with Crippen LogP contribution in [0, 0.1) is 5.92 Å². The molecule has 0 unspecified atom stereocenters. The fourth-order valence-electron chi connectivity index (χ4n) is 2.13. The van der Waals surface area contributed by atoms with E-state index in [1.165, 1.54) is 32.5 Å². The van der Waals surface area contributed by atoms with Gasteiger partial charge in [-0.2, -0.15) is 0 Å². The van der Waals surface area contributed by atoms with E-state index in [1.54, 1.807) is 0 Å². The Morgan fingerprint density at radius 3 is 2.15 bits per heavy atom. The molecule has 2 aliphatic rings.